The highest BCUT2D eigenvalue weighted by Gasteiger charge is 2.54. The second kappa shape index (κ2) is 7.35. The van der Waals surface area contributed by atoms with Gasteiger partial charge in [-0.3, -0.25) is 4.79 Å². The molecule has 2 saturated carbocycles. The summed E-state index contributed by atoms with van der Waals surface area (Å²) in [4.78, 5) is 25.0. The number of carbonyl (C=O) groups is 2. The highest BCUT2D eigenvalue weighted by Crippen LogP contribution is 2.59. The molecule has 0 unspecified atom stereocenters. The van der Waals surface area contributed by atoms with E-state index in [1.54, 1.807) is 24.3 Å². The molecule has 30 heavy (non-hydrogen) atoms. The molecule has 2 aromatic carbocycles. The Kier molecular flexibility index (Phi) is 4.78. The number of Topliss-reactive ketones (excluding diaryl/α,β-unsaturated/α-hetero) is 1. The Balaban J connectivity index is 1.34. The quantitative estimate of drug-likeness (QED) is 0.588. The summed E-state index contributed by atoms with van der Waals surface area (Å²) < 4.78 is 5.63. The van der Waals surface area contributed by atoms with E-state index in [4.69, 9.17) is 9.84 Å². The molecule has 5 rings (SSSR count). The van der Waals surface area contributed by atoms with Gasteiger partial charge in [-0.05, 0) is 90.8 Å². The van der Waals surface area contributed by atoms with Gasteiger partial charge in [0.25, 0.3) is 0 Å². The molecule has 3 aliphatic rings. The van der Waals surface area contributed by atoms with Crippen LogP contribution in [0.25, 0.3) is 0 Å². The molecule has 1 N–H and O–H groups in total. The van der Waals surface area contributed by atoms with Crippen LogP contribution in [0.5, 0.6) is 5.75 Å². The fourth-order valence-electron chi connectivity index (χ4n) is 6.31. The van der Waals surface area contributed by atoms with Crippen LogP contribution in [-0.4, -0.2) is 16.9 Å². The van der Waals surface area contributed by atoms with Crippen molar-refractivity contribution in [3.63, 3.8) is 0 Å². The highest BCUT2D eigenvalue weighted by molar-refractivity contribution is 5.91. The number of benzene rings is 2. The molecule has 156 valence electrons. The summed E-state index contributed by atoms with van der Waals surface area (Å²) in [6.45, 7) is 2.16. The number of ketones is 1. The maximum atomic E-state index is 12.5. The third kappa shape index (κ3) is 3.09. The summed E-state index contributed by atoms with van der Waals surface area (Å²) in [6.07, 6.45) is 5.98. The van der Waals surface area contributed by atoms with Crippen LogP contribution in [0.1, 0.15) is 72.0 Å². The zero-order chi connectivity index (χ0) is 20.9. The van der Waals surface area contributed by atoms with Crippen molar-refractivity contribution in [2.45, 2.75) is 58.0 Å². The average molecular weight is 405 g/mol. The summed E-state index contributed by atoms with van der Waals surface area (Å²) in [5.74, 6) is 2.32. The number of hydrogen-bond acceptors (Lipinski definition) is 4. The Hall–Kier alpha value is -2.46. The van der Waals surface area contributed by atoms with E-state index in [0.29, 0.717) is 34.8 Å². The minimum absolute atomic E-state index is 0.0452. The monoisotopic (exact) mass is 404 g/mol. The van der Waals surface area contributed by atoms with E-state index in [9.17, 15) is 9.59 Å². The van der Waals surface area contributed by atoms with Crippen LogP contribution in [0, 0.1) is 17.3 Å². The Labute approximate surface area is 177 Å². The van der Waals surface area contributed by atoms with Crippen molar-refractivity contribution < 1.29 is 19.4 Å². The van der Waals surface area contributed by atoms with Crippen molar-refractivity contribution in [3.05, 3.63) is 64.7 Å². The molecule has 0 radical (unpaired) electrons. The zero-order valence-electron chi connectivity index (χ0n) is 17.4. The predicted octanol–water partition coefficient (Wildman–Crippen LogP) is 4.82. The van der Waals surface area contributed by atoms with Gasteiger partial charge < -0.3 is 9.84 Å². The minimum Gasteiger partial charge on any atom is -0.423 e. The van der Waals surface area contributed by atoms with E-state index < -0.39 is 0 Å². The van der Waals surface area contributed by atoms with E-state index in [-0.39, 0.29) is 18.0 Å². The maximum Gasteiger partial charge on any atom is 0.343 e. The summed E-state index contributed by atoms with van der Waals surface area (Å²) >= 11 is 0. The lowest BCUT2D eigenvalue weighted by atomic mass is 9.55. The molecule has 0 spiro atoms. The van der Waals surface area contributed by atoms with Gasteiger partial charge in [0.15, 0.2) is 0 Å². The summed E-state index contributed by atoms with van der Waals surface area (Å²) in [5.41, 5.74) is 3.81. The second-order valence-electron chi connectivity index (χ2n) is 9.44. The fraction of sp³-hybridized carbons (Fsp3) is 0.462. The fourth-order valence-corrected chi connectivity index (χ4v) is 6.31. The number of fused-ring (bicyclic) bond motifs is 5. The van der Waals surface area contributed by atoms with E-state index in [2.05, 4.69) is 13.0 Å². The van der Waals surface area contributed by atoms with Gasteiger partial charge in [-0.15, -0.1) is 0 Å². The SMILES string of the molecule is C[C@]12CC[C@@H]3c4ccc(OC(=O)c5ccc(CO)cc5)cc4CC[C@H]3[C@@H]1CCC2=O. The number of rotatable bonds is 3. The van der Waals surface area contributed by atoms with Crippen LogP contribution in [0.3, 0.4) is 0 Å². The van der Waals surface area contributed by atoms with Crippen molar-refractivity contribution >= 4 is 11.8 Å². The number of aliphatic hydroxyl groups excluding tert-OH is 1. The Morgan fingerprint density at radius 2 is 1.90 bits per heavy atom. The van der Waals surface area contributed by atoms with Gasteiger partial charge in [0.2, 0.25) is 0 Å². The van der Waals surface area contributed by atoms with E-state index >= 15 is 0 Å². The number of hydrogen-bond donors (Lipinski definition) is 1. The van der Waals surface area contributed by atoms with E-state index in [1.807, 2.05) is 12.1 Å². The topological polar surface area (TPSA) is 63.6 Å². The van der Waals surface area contributed by atoms with Crippen LogP contribution in [0.2, 0.25) is 0 Å². The van der Waals surface area contributed by atoms with Gasteiger partial charge in [-0.2, -0.15) is 0 Å². The minimum atomic E-state index is -0.383. The Morgan fingerprint density at radius 3 is 2.67 bits per heavy atom. The molecule has 0 aromatic heterocycles. The average Bonchev–Trinajstić information content (AvgIpc) is 3.08. The molecule has 2 fully saturated rings. The van der Waals surface area contributed by atoms with Crippen molar-refractivity contribution in [1.82, 2.24) is 0 Å². The first-order valence-electron chi connectivity index (χ1n) is 11.1. The number of aliphatic hydroxyl groups is 1. The third-order valence-electron chi connectivity index (χ3n) is 7.99. The molecule has 0 saturated heterocycles. The van der Waals surface area contributed by atoms with Crippen molar-refractivity contribution in [3.8, 4) is 5.75 Å². The van der Waals surface area contributed by atoms with Crippen molar-refractivity contribution in [1.29, 1.82) is 0 Å². The van der Waals surface area contributed by atoms with Crippen LogP contribution >= 0.6 is 0 Å². The van der Waals surface area contributed by atoms with Crippen LogP contribution in [0.15, 0.2) is 42.5 Å². The first-order chi connectivity index (χ1) is 14.5. The maximum absolute atomic E-state index is 12.5. The molecule has 3 aliphatic carbocycles. The summed E-state index contributed by atoms with van der Waals surface area (Å²) in [6, 6.07) is 12.9. The van der Waals surface area contributed by atoms with Gasteiger partial charge in [-0.1, -0.05) is 25.1 Å². The number of ether oxygens (including phenoxy) is 1. The first-order valence-corrected chi connectivity index (χ1v) is 11.1. The standard InChI is InChI=1S/C26H28O4/c1-26-13-12-21-20-9-7-19(30-25(29)17-4-2-16(15-27)3-5-17)14-18(20)6-8-22(21)23(26)10-11-24(26)28/h2-5,7,9,14,21-23,27H,6,8,10-13,15H2,1H3/t21-,22-,23+,26+/m1/s1. The first kappa shape index (κ1) is 19.5. The number of esters is 1. The van der Waals surface area contributed by atoms with Gasteiger partial charge in [0.05, 0.1) is 12.2 Å². The Bertz CT molecular complexity index is 993. The molecule has 0 heterocycles. The van der Waals surface area contributed by atoms with Crippen molar-refractivity contribution in [2.24, 2.45) is 17.3 Å². The second-order valence-corrected chi connectivity index (χ2v) is 9.44. The number of carbonyl (C=O) groups excluding carboxylic acids is 2. The lowest BCUT2D eigenvalue weighted by Gasteiger charge is -2.48. The molecule has 2 aromatic rings. The molecule has 0 amide bonds. The van der Waals surface area contributed by atoms with Gasteiger partial charge in [0, 0.05) is 11.8 Å². The lowest BCUT2D eigenvalue weighted by molar-refractivity contribution is -0.129. The van der Waals surface area contributed by atoms with Gasteiger partial charge in [0.1, 0.15) is 11.5 Å². The highest BCUT2D eigenvalue weighted by atomic mass is 16.5. The van der Waals surface area contributed by atoms with Gasteiger partial charge >= 0.3 is 5.97 Å². The van der Waals surface area contributed by atoms with Crippen LogP contribution in [0.4, 0.5) is 0 Å². The lowest BCUT2D eigenvalue weighted by Crippen LogP contribution is -2.42. The molecule has 0 aliphatic heterocycles. The van der Waals surface area contributed by atoms with Crippen LogP contribution in [-0.2, 0) is 17.8 Å². The normalized spacial score (nSPS) is 29.7. The van der Waals surface area contributed by atoms with Gasteiger partial charge in [-0.25, -0.2) is 4.79 Å². The van der Waals surface area contributed by atoms with Crippen LogP contribution < -0.4 is 4.74 Å². The number of aryl methyl sites for hydroxylation is 1. The molecular formula is C26H28O4. The van der Waals surface area contributed by atoms with E-state index in [0.717, 1.165) is 44.1 Å². The smallest absolute Gasteiger partial charge is 0.343 e. The largest absolute Gasteiger partial charge is 0.423 e. The zero-order valence-corrected chi connectivity index (χ0v) is 17.4. The van der Waals surface area contributed by atoms with E-state index in [1.165, 1.54) is 11.1 Å². The third-order valence-corrected chi connectivity index (χ3v) is 7.99. The predicted molar refractivity (Wildman–Crippen MR) is 113 cm³/mol. The summed E-state index contributed by atoms with van der Waals surface area (Å²) in [5, 5.41) is 9.14. The molecule has 4 atom stereocenters. The molecule has 0 bridgehead atoms. The molecule has 4 nitrogen and oxygen atoms in total. The molecular weight excluding hydrogens is 376 g/mol. The Morgan fingerprint density at radius 1 is 1.10 bits per heavy atom. The summed E-state index contributed by atoms with van der Waals surface area (Å²) in [7, 11) is 0. The van der Waals surface area contributed by atoms with Crippen molar-refractivity contribution in [2.75, 3.05) is 0 Å². The molecule has 4 heteroatoms.